The van der Waals surface area contributed by atoms with Crippen molar-refractivity contribution in [2.45, 2.75) is 20.8 Å². The van der Waals surface area contributed by atoms with Crippen LogP contribution < -0.4 is 15.4 Å². The van der Waals surface area contributed by atoms with Gasteiger partial charge in [-0.2, -0.15) is 0 Å². The van der Waals surface area contributed by atoms with Crippen LogP contribution in [0.5, 0.6) is 5.75 Å². The van der Waals surface area contributed by atoms with E-state index in [4.69, 9.17) is 4.74 Å². The molecule has 0 fully saturated rings. The average molecular weight is 352 g/mol. The highest BCUT2D eigenvalue weighted by Gasteiger charge is 2.12. The number of hydrogen-bond donors (Lipinski definition) is 2. The van der Waals surface area contributed by atoms with Gasteiger partial charge in [-0.1, -0.05) is 0 Å². The number of ether oxygens (including phenoxy) is 1. The Kier molecular flexibility index (Phi) is 4.83. The highest BCUT2D eigenvalue weighted by molar-refractivity contribution is 5.99. The maximum atomic E-state index is 12.1. The molecule has 0 saturated heterocycles. The quantitative estimate of drug-likeness (QED) is 0.752. The molecular weight excluding hydrogens is 332 g/mol. The number of rotatable bonds is 4. The zero-order chi connectivity index (χ0) is 18.7. The van der Waals surface area contributed by atoms with Gasteiger partial charge in [0.1, 0.15) is 11.6 Å². The first kappa shape index (κ1) is 17.4. The van der Waals surface area contributed by atoms with E-state index in [9.17, 15) is 4.79 Å². The summed E-state index contributed by atoms with van der Waals surface area (Å²) < 4.78 is 6.96. The Labute approximate surface area is 151 Å². The number of nitrogens with one attached hydrogen (secondary N) is 2. The summed E-state index contributed by atoms with van der Waals surface area (Å²) >= 11 is 0. The van der Waals surface area contributed by atoms with Crippen LogP contribution in [0.3, 0.4) is 0 Å². The van der Waals surface area contributed by atoms with Crippen molar-refractivity contribution in [3.63, 3.8) is 0 Å². The second-order valence-electron chi connectivity index (χ2n) is 5.74. The average Bonchev–Trinajstić information content (AvgIpc) is 2.88. The predicted octanol–water partition coefficient (Wildman–Crippen LogP) is 3.24. The Morgan fingerprint density at radius 3 is 2.15 bits per heavy atom. The van der Waals surface area contributed by atoms with Crippen LogP contribution >= 0.6 is 0 Å². The summed E-state index contributed by atoms with van der Waals surface area (Å²) in [5.74, 6) is 2.06. The van der Waals surface area contributed by atoms with E-state index < -0.39 is 0 Å². The van der Waals surface area contributed by atoms with E-state index in [2.05, 4.69) is 25.6 Å². The lowest BCUT2D eigenvalue weighted by Crippen LogP contribution is -2.19. The molecule has 0 bridgehead atoms. The molecule has 134 valence electrons. The third-order valence-corrected chi connectivity index (χ3v) is 3.96. The minimum Gasteiger partial charge on any atom is -0.497 e. The number of anilines is 2. The van der Waals surface area contributed by atoms with Crippen LogP contribution in [-0.4, -0.2) is 32.7 Å². The number of imidazole rings is 1. The Morgan fingerprint density at radius 2 is 1.62 bits per heavy atom. The molecule has 2 aromatic heterocycles. The smallest absolute Gasteiger partial charge is 0.323 e. The largest absolute Gasteiger partial charge is 0.497 e. The molecule has 0 aliphatic rings. The standard InChI is InChI=1S/C18H20N6O2/c1-11-12(2)24(13(3)21-11)17-19-9-15(10-20-17)23-18(25)22-14-5-7-16(26-4)8-6-14/h5-10H,1-4H3,(H2,22,23,25). The molecule has 3 aromatic rings. The van der Waals surface area contributed by atoms with E-state index >= 15 is 0 Å². The maximum Gasteiger partial charge on any atom is 0.323 e. The summed E-state index contributed by atoms with van der Waals surface area (Å²) in [5, 5.41) is 5.43. The van der Waals surface area contributed by atoms with Crippen LogP contribution in [0.4, 0.5) is 16.2 Å². The second-order valence-corrected chi connectivity index (χ2v) is 5.74. The van der Waals surface area contributed by atoms with Gasteiger partial charge in [0.05, 0.1) is 30.9 Å². The van der Waals surface area contributed by atoms with E-state index in [-0.39, 0.29) is 6.03 Å². The van der Waals surface area contributed by atoms with Crippen molar-refractivity contribution >= 4 is 17.4 Å². The Bertz CT molecular complexity index is 916. The number of carbonyl (C=O) groups excluding carboxylic acids is 1. The van der Waals surface area contributed by atoms with Crippen molar-refractivity contribution in [1.82, 2.24) is 19.5 Å². The SMILES string of the molecule is COc1ccc(NC(=O)Nc2cnc(-n3c(C)nc(C)c3C)nc2)cc1. The first-order valence-electron chi connectivity index (χ1n) is 8.05. The number of hydrogen-bond acceptors (Lipinski definition) is 5. The van der Waals surface area contributed by atoms with Crippen LogP contribution in [0.1, 0.15) is 17.2 Å². The topological polar surface area (TPSA) is 94.0 Å². The molecule has 0 radical (unpaired) electrons. The molecule has 0 saturated carbocycles. The van der Waals surface area contributed by atoms with Crippen molar-refractivity contribution in [1.29, 1.82) is 0 Å². The lowest BCUT2D eigenvalue weighted by atomic mass is 10.3. The van der Waals surface area contributed by atoms with Crippen LogP contribution in [-0.2, 0) is 0 Å². The molecule has 0 unspecified atom stereocenters. The van der Waals surface area contributed by atoms with Gasteiger partial charge in [0.25, 0.3) is 0 Å². The van der Waals surface area contributed by atoms with E-state index in [1.165, 1.54) is 0 Å². The second kappa shape index (κ2) is 7.22. The number of nitrogens with zero attached hydrogens (tertiary/aromatic N) is 4. The number of aryl methyl sites for hydroxylation is 2. The van der Waals surface area contributed by atoms with Crippen molar-refractivity contribution < 1.29 is 9.53 Å². The van der Waals surface area contributed by atoms with Crippen LogP contribution in [0, 0.1) is 20.8 Å². The molecule has 26 heavy (non-hydrogen) atoms. The maximum absolute atomic E-state index is 12.1. The molecule has 0 atom stereocenters. The molecule has 0 spiro atoms. The van der Waals surface area contributed by atoms with Crippen molar-refractivity contribution in [2.24, 2.45) is 0 Å². The summed E-state index contributed by atoms with van der Waals surface area (Å²) in [5.41, 5.74) is 3.07. The van der Waals surface area contributed by atoms with E-state index in [1.807, 2.05) is 25.3 Å². The minimum absolute atomic E-state index is 0.377. The lowest BCUT2D eigenvalue weighted by Gasteiger charge is -2.09. The molecular formula is C18H20N6O2. The molecule has 2 amide bonds. The van der Waals surface area contributed by atoms with Crippen LogP contribution in [0.15, 0.2) is 36.7 Å². The fourth-order valence-corrected chi connectivity index (χ4v) is 2.54. The van der Waals surface area contributed by atoms with Gasteiger partial charge in [-0.15, -0.1) is 0 Å². The molecule has 0 aliphatic carbocycles. The zero-order valence-electron chi connectivity index (χ0n) is 15.1. The highest BCUT2D eigenvalue weighted by Crippen LogP contribution is 2.16. The minimum atomic E-state index is -0.377. The van der Waals surface area contributed by atoms with Gasteiger partial charge in [-0.3, -0.25) is 4.57 Å². The predicted molar refractivity (Wildman–Crippen MR) is 99.0 cm³/mol. The van der Waals surface area contributed by atoms with Crippen molar-refractivity contribution in [3.05, 3.63) is 53.9 Å². The fourth-order valence-electron chi connectivity index (χ4n) is 2.54. The molecule has 0 aliphatic heterocycles. The summed E-state index contributed by atoms with van der Waals surface area (Å²) in [6.07, 6.45) is 3.12. The summed E-state index contributed by atoms with van der Waals surface area (Å²) in [4.78, 5) is 25.1. The number of methoxy groups -OCH3 is 1. The van der Waals surface area contributed by atoms with E-state index in [0.29, 0.717) is 17.3 Å². The fraction of sp³-hybridized carbons (Fsp3) is 0.222. The summed E-state index contributed by atoms with van der Waals surface area (Å²) in [7, 11) is 1.59. The van der Waals surface area contributed by atoms with Gasteiger partial charge >= 0.3 is 6.03 Å². The van der Waals surface area contributed by atoms with Crippen molar-refractivity contribution in [2.75, 3.05) is 17.7 Å². The van der Waals surface area contributed by atoms with Gasteiger partial charge in [0, 0.05) is 11.4 Å². The summed E-state index contributed by atoms with van der Waals surface area (Å²) in [6.45, 7) is 5.81. The monoisotopic (exact) mass is 352 g/mol. The molecule has 2 heterocycles. The van der Waals surface area contributed by atoms with E-state index in [0.717, 1.165) is 23.0 Å². The Hall–Kier alpha value is -3.42. The Balaban J connectivity index is 1.67. The van der Waals surface area contributed by atoms with Gasteiger partial charge < -0.3 is 15.4 Å². The molecule has 3 rings (SSSR count). The van der Waals surface area contributed by atoms with E-state index in [1.54, 1.807) is 43.8 Å². The van der Waals surface area contributed by atoms with Gasteiger partial charge in [0.15, 0.2) is 0 Å². The first-order chi connectivity index (χ1) is 12.5. The third kappa shape index (κ3) is 3.64. The van der Waals surface area contributed by atoms with Crippen molar-refractivity contribution in [3.8, 4) is 11.7 Å². The molecule has 8 nitrogen and oxygen atoms in total. The number of urea groups is 1. The van der Waals surface area contributed by atoms with Crippen LogP contribution in [0.2, 0.25) is 0 Å². The highest BCUT2D eigenvalue weighted by atomic mass is 16.5. The molecule has 2 N–H and O–H groups in total. The zero-order valence-corrected chi connectivity index (χ0v) is 15.1. The Morgan fingerprint density at radius 1 is 1.00 bits per heavy atom. The number of aromatic nitrogens is 4. The number of amides is 2. The lowest BCUT2D eigenvalue weighted by molar-refractivity contribution is 0.262. The first-order valence-corrected chi connectivity index (χ1v) is 8.05. The number of carbonyl (C=O) groups is 1. The van der Waals surface area contributed by atoms with Gasteiger partial charge in [-0.05, 0) is 45.0 Å². The molecule has 8 heteroatoms. The normalized spacial score (nSPS) is 10.5. The van der Waals surface area contributed by atoms with Gasteiger partial charge in [-0.25, -0.2) is 19.7 Å². The number of benzene rings is 1. The van der Waals surface area contributed by atoms with Crippen LogP contribution in [0.25, 0.3) is 5.95 Å². The molecule has 1 aromatic carbocycles. The van der Waals surface area contributed by atoms with Gasteiger partial charge in [0.2, 0.25) is 5.95 Å². The third-order valence-electron chi connectivity index (χ3n) is 3.96. The summed E-state index contributed by atoms with van der Waals surface area (Å²) in [6, 6.07) is 6.67.